The van der Waals surface area contributed by atoms with Crippen LogP contribution in [0.1, 0.15) is 70.8 Å². The molecule has 0 aromatic carbocycles. The molecule has 2 amide bonds. The van der Waals surface area contributed by atoms with Crippen molar-refractivity contribution in [2.24, 2.45) is 11.8 Å². The second kappa shape index (κ2) is 17.5. The van der Waals surface area contributed by atoms with Crippen LogP contribution < -0.4 is 5.32 Å². The highest BCUT2D eigenvalue weighted by Crippen LogP contribution is 2.30. The SMILES string of the molecule is CCN(CC)CCS(=O)(=O)[C@@H]1CCN2C(=O)c3coc(n3)CC(=O)CC(=O)/C=C(C)/C=C/CNC(=O)/C=C/[C@@H](C)[C@@H](C(C)C)OC(=O)[C@@H]12. The number of nitrogens with zero attached hydrogens (tertiary/aromatic N) is 3. The monoisotopic (exact) mass is 688 g/mol. The van der Waals surface area contributed by atoms with Gasteiger partial charge >= 0.3 is 5.97 Å². The second-order valence-electron chi connectivity index (χ2n) is 12.5. The number of sulfone groups is 1. The molecule has 3 rings (SSSR count). The Balaban J connectivity index is 2.01. The first-order valence-corrected chi connectivity index (χ1v) is 18.1. The summed E-state index contributed by atoms with van der Waals surface area (Å²) in [7, 11) is -3.88. The molecule has 3 heterocycles. The summed E-state index contributed by atoms with van der Waals surface area (Å²) in [6.07, 6.45) is 7.14. The van der Waals surface area contributed by atoms with Crippen molar-refractivity contribution in [3.8, 4) is 0 Å². The van der Waals surface area contributed by atoms with E-state index in [1.54, 1.807) is 32.1 Å². The molecule has 1 aromatic heterocycles. The van der Waals surface area contributed by atoms with Gasteiger partial charge in [0.2, 0.25) is 11.8 Å². The van der Waals surface area contributed by atoms with E-state index < -0.39 is 63.0 Å². The van der Waals surface area contributed by atoms with Gasteiger partial charge in [-0.3, -0.25) is 19.2 Å². The van der Waals surface area contributed by atoms with Crippen molar-refractivity contribution in [2.75, 3.05) is 38.5 Å². The number of amides is 2. The maximum Gasteiger partial charge on any atom is 0.330 e. The summed E-state index contributed by atoms with van der Waals surface area (Å²) in [5.41, 5.74) is 0.383. The van der Waals surface area contributed by atoms with E-state index in [1.165, 1.54) is 12.2 Å². The smallest absolute Gasteiger partial charge is 0.330 e. The van der Waals surface area contributed by atoms with Crippen molar-refractivity contribution in [3.05, 3.63) is 53.8 Å². The molecule has 4 atom stereocenters. The Labute approximate surface area is 282 Å². The number of fused-ring (bicyclic) bond motifs is 3. The minimum absolute atomic E-state index is 0.0146. The van der Waals surface area contributed by atoms with E-state index in [0.29, 0.717) is 18.7 Å². The maximum absolute atomic E-state index is 14.0. The summed E-state index contributed by atoms with van der Waals surface area (Å²) in [5.74, 6) is -3.87. The lowest BCUT2D eigenvalue weighted by Crippen LogP contribution is -2.50. The number of allylic oxidation sites excluding steroid dienone is 3. The molecule has 0 spiro atoms. The molecule has 13 nitrogen and oxygen atoms in total. The fraction of sp³-hybridized carbons (Fsp3) is 0.588. The summed E-state index contributed by atoms with van der Waals surface area (Å²) >= 11 is 0. The molecule has 1 aromatic rings. The van der Waals surface area contributed by atoms with Crippen molar-refractivity contribution in [1.82, 2.24) is 20.1 Å². The summed E-state index contributed by atoms with van der Waals surface area (Å²) < 4.78 is 38.8. The number of hydrogen-bond acceptors (Lipinski definition) is 11. The van der Waals surface area contributed by atoms with Crippen LogP contribution in [-0.2, 0) is 40.2 Å². The van der Waals surface area contributed by atoms with Crippen LogP contribution in [0.3, 0.4) is 0 Å². The van der Waals surface area contributed by atoms with E-state index in [-0.39, 0.29) is 61.6 Å². The van der Waals surface area contributed by atoms with E-state index in [2.05, 4.69) is 10.3 Å². The number of ether oxygens (including phenoxy) is 1. The van der Waals surface area contributed by atoms with Gasteiger partial charge in [-0.25, -0.2) is 18.2 Å². The number of Topliss-reactive ketones (excluding diaryl/α,β-unsaturated/α-hetero) is 1. The quantitative estimate of drug-likeness (QED) is 0.329. The lowest BCUT2D eigenvalue weighted by atomic mass is 9.94. The summed E-state index contributed by atoms with van der Waals surface area (Å²) in [6, 6.07) is -1.46. The molecule has 1 saturated heterocycles. The molecule has 2 aliphatic rings. The topological polar surface area (TPSA) is 173 Å². The zero-order chi connectivity index (χ0) is 35.6. The lowest BCUT2D eigenvalue weighted by molar-refractivity contribution is -0.157. The molecule has 264 valence electrons. The Bertz CT molecular complexity index is 1540. The van der Waals surface area contributed by atoms with E-state index in [9.17, 15) is 32.4 Å². The maximum atomic E-state index is 14.0. The summed E-state index contributed by atoms with van der Waals surface area (Å²) in [6.45, 7) is 12.7. The summed E-state index contributed by atoms with van der Waals surface area (Å²) in [5, 5.41) is 1.49. The standard InChI is InChI=1S/C34H48N4O9S/c1-7-37(8-2)16-17-48(44,45)28-13-15-38-31(28)34(43)47-32(22(3)4)24(6)11-12-29(41)35-14-9-10-23(5)18-25(39)19-26(40)20-30-36-27(21-46-30)33(38)42/h9-12,18,21-22,24,28,31-32H,7-8,13-17,19-20H2,1-6H3,(H,35,41)/b10-9+,12-11+,23-18+/t24-,28-,31-,32-/m1/s1. The van der Waals surface area contributed by atoms with Crippen molar-refractivity contribution in [1.29, 1.82) is 0 Å². The number of hydrogen-bond donors (Lipinski definition) is 1. The molecule has 0 saturated carbocycles. The van der Waals surface area contributed by atoms with Gasteiger partial charge in [0.05, 0.1) is 23.8 Å². The zero-order valence-corrected chi connectivity index (χ0v) is 29.5. The van der Waals surface area contributed by atoms with Crippen LogP contribution in [0, 0.1) is 11.8 Å². The normalized spacial score (nSPS) is 26.5. The number of cyclic esters (lactones) is 1. The van der Waals surface area contributed by atoms with Crippen LogP contribution in [0.25, 0.3) is 0 Å². The largest absolute Gasteiger partial charge is 0.460 e. The van der Waals surface area contributed by atoms with Gasteiger partial charge in [-0.05, 0) is 50.1 Å². The molecule has 14 heteroatoms. The number of esters is 1. The van der Waals surface area contributed by atoms with Crippen molar-refractivity contribution >= 4 is 39.2 Å². The summed E-state index contributed by atoms with van der Waals surface area (Å²) in [4.78, 5) is 72.5. The Morgan fingerprint density at radius 2 is 1.79 bits per heavy atom. The van der Waals surface area contributed by atoms with Crippen LogP contribution in [-0.4, -0.2) is 108 Å². The fourth-order valence-electron chi connectivity index (χ4n) is 5.88. The Hall–Kier alpha value is -3.91. The lowest BCUT2D eigenvalue weighted by Gasteiger charge is -2.31. The molecule has 48 heavy (non-hydrogen) atoms. The molecule has 0 aliphatic carbocycles. The van der Waals surface area contributed by atoms with Crippen molar-refractivity contribution < 1.29 is 41.5 Å². The Morgan fingerprint density at radius 3 is 2.46 bits per heavy atom. The van der Waals surface area contributed by atoms with Gasteiger partial charge in [-0.2, -0.15) is 0 Å². The highest BCUT2D eigenvalue weighted by molar-refractivity contribution is 7.92. The van der Waals surface area contributed by atoms with Gasteiger partial charge in [0.25, 0.3) is 5.91 Å². The van der Waals surface area contributed by atoms with E-state index in [0.717, 1.165) is 11.2 Å². The molecule has 2 aliphatic heterocycles. The van der Waals surface area contributed by atoms with Crippen LogP contribution in [0.4, 0.5) is 0 Å². The van der Waals surface area contributed by atoms with Crippen LogP contribution in [0.15, 0.2) is 46.6 Å². The average Bonchev–Trinajstić information content (AvgIpc) is 3.68. The first kappa shape index (κ1) is 38.5. The van der Waals surface area contributed by atoms with Crippen molar-refractivity contribution in [2.45, 2.75) is 78.2 Å². The Morgan fingerprint density at radius 1 is 1.08 bits per heavy atom. The van der Waals surface area contributed by atoms with E-state index >= 15 is 0 Å². The van der Waals surface area contributed by atoms with Gasteiger partial charge in [0.15, 0.2) is 21.3 Å². The van der Waals surface area contributed by atoms with Crippen LogP contribution in [0.2, 0.25) is 0 Å². The third-order valence-electron chi connectivity index (χ3n) is 8.53. The molecule has 1 fully saturated rings. The van der Waals surface area contributed by atoms with E-state index in [4.69, 9.17) is 9.15 Å². The highest BCUT2D eigenvalue weighted by Gasteiger charge is 2.50. The second-order valence-corrected chi connectivity index (χ2v) is 14.9. The fourth-order valence-corrected chi connectivity index (χ4v) is 7.81. The average molecular weight is 689 g/mol. The van der Waals surface area contributed by atoms with Gasteiger partial charge in [-0.1, -0.05) is 52.8 Å². The number of oxazole rings is 1. The Kier molecular flexibility index (Phi) is 14.0. The first-order valence-electron chi connectivity index (χ1n) is 16.4. The predicted molar refractivity (Wildman–Crippen MR) is 179 cm³/mol. The van der Waals surface area contributed by atoms with Gasteiger partial charge in [0, 0.05) is 25.6 Å². The van der Waals surface area contributed by atoms with E-state index in [1.807, 2.05) is 32.6 Å². The molecule has 0 unspecified atom stereocenters. The van der Waals surface area contributed by atoms with Crippen LogP contribution in [0.5, 0.6) is 0 Å². The van der Waals surface area contributed by atoms with Crippen molar-refractivity contribution in [3.63, 3.8) is 0 Å². The minimum atomic E-state index is -3.88. The number of nitrogens with one attached hydrogen (secondary N) is 1. The van der Waals surface area contributed by atoms with Gasteiger partial charge in [0.1, 0.15) is 24.2 Å². The number of ketones is 2. The molecular formula is C34H48N4O9S. The van der Waals surface area contributed by atoms with Crippen LogP contribution >= 0.6 is 0 Å². The zero-order valence-electron chi connectivity index (χ0n) is 28.6. The molecule has 0 radical (unpaired) electrons. The minimum Gasteiger partial charge on any atom is -0.460 e. The highest BCUT2D eigenvalue weighted by atomic mass is 32.2. The van der Waals surface area contributed by atoms with Gasteiger partial charge < -0.3 is 24.3 Å². The first-order chi connectivity index (χ1) is 22.7. The molecule has 1 N–H and O–H groups in total. The number of carbonyl (C=O) groups is 5. The molecular weight excluding hydrogens is 640 g/mol. The predicted octanol–water partition coefficient (Wildman–Crippen LogP) is 2.48. The third-order valence-corrected chi connectivity index (χ3v) is 10.7. The number of carbonyl (C=O) groups excluding carboxylic acids is 5. The third kappa shape index (κ3) is 10.5. The number of rotatable bonds is 7. The number of aromatic nitrogens is 1. The van der Waals surface area contributed by atoms with Gasteiger partial charge in [-0.15, -0.1) is 0 Å². The molecule has 2 bridgehead atoms.